The van der Waals surface area contributed by atoms with Gasteiger partial charge in [-0.15, -0.1) is 0 Å². The van der Waals surface area contributed by atoms with Gasteiger partial charge in [-0.3, -0.25) is 9.78 Å². The summed E-state index contributed by atoms with van der Waals surface area (Å²) in [6.07, 6.45) is 2.41. The molecule has 2 aromatic carbocycles. The van der Waals surface area contributed by atoms with Gasteiger partial charge in [0.1, 0.15) is 23.1 Å². The highest BCUT2D eigenvalue weighted by molar-refractivity contribution is 5.96. The second-order valence-corrected chi connectivity index (χ2v) is 7.00. The fourth-order valence-corrected chi connectivity index (χ4v) is 3.26. The largest absolute Gasteiger partial charge is 0.497 e. The lowest BCUT2D eigenvalue weighted by atomic mass is 10.1. The average molecular weight is 435 g/mol. The first-order chi connectivity index (χ1) is 15.5. The summed E-state index contributed by atoms with van der Waals surface area (Å²) in [6, 6.07) is 13.2. The number of rotatable bonds is 6. The van der Waals surface area contributed by atoms with Gasteiger partial charge < -0.3 is 14.8 Å². The third kappa shape index (κ3) is 4.34. The van der Waals surface area contributed by atoms with E-state index in [1.807, 2.05) is 12.1 Å². The number of benzene rings is 2. The van der Waals surface area contributed by atoms with Gasteiger partial charge in [-0.1, -0.05) is 6.07 Å². The quantitative estimate of drug-likeness (QED) is 0.434. The molecule has 0 aliphatic carbocycles. The fraction of sp³-hybridized carbons (Fsp3) is 0.125. The third-order valence-corrected chi connectivity index (χ3v) is 5.00. The van der Waals surface area contributed by atoms with Crippen molar-refractivity contribution in [3.05, 3.63) is 89.4 Å². The minimum atomic E-state index is -0.815. The van der Waals surface area contributed by atoms with Gasteiger partial charge in [0.25, 0.3) is 5.91 Å². The number of nitrogens with one attached hydrogen (secondary N) is 1. The number of hydrogen-bond acceptors (Lipinski definition) is 5. The number of aromatic nitrogens is 2. The summed E-state index contributed by atoms with van der Waals surface area (Å²) in [5.74, 6) is -0.197. The summed E-state index contributed by atoms with van der Waals surface area (Å²) < 4.78 is 38.4. The Morgan fingerprint density at radius 2 is 1.91 bits per heavy atom. The molecule has 1 amide bonds. The molecule has 1 N–H and O–H groups in total. The lowest BCUT2D eigenvalue weighted by Gasteiger charge is -2.14. The van der Waals surface area contributed by atoms with Gasteiger partial charge in [-0.25, -0.2) is 9.37 Å². The molecule has 0 saturated carbocycles. The maximum atomic E-state index is 13.8. The van der Waals surface area contributed by atoms with Crippen molar-refractivity contribution in [2.24, 2.45) is 0 Å². The third-order valence-electron chi connectivity index (χ3n) is 5.00. The van der Waals surface area contributed by atoms with Crippen LogP contribution in [0.1, 0.15) is 21.5 Å². The van der Waals surface area contributed by atoms with Gasteiger partial charge in [-0.2, -0.15) is 4.39 Å². The Morgan fingerprint density at radius 1 is 1.06 bits per heavy atom. The first-order valence-electron chi connectivity index (χ1n) is 9.74. The number of methoxy groups -OCH3 is 1. The predicted octanol–water partition coefficient (Wildman–Crippen LogP) is 4.95. The molecule has 6 nitrogen and oxygen atoms in total. The van der Waals surface area contributed by atoms with E-state index < -0.39 is 17.7 Å². The number of amides is 1. The van der Waals surface area contributed by atoms with E-state index in [-0.39, 0.29) is 12.1 Å². The number of carbonyl (C=O) groups is 1. The standard InChI is InChI=1S/C24H19F2N3O3/c1-14-17(24(30)29-12-15-10-23(26)28-13-19(15)25)4-3-5-21(14)32-22-8-9-27-20-11-16(31-2)6-7-18(20)22/h3-11,13H,12H2,1-2H3,(H,29,30). The molecule has 0 radical (unpaired) electrons. The van der Waals surface area contributed by atoms with E-state index in [0.717, 1.165) is 17.6 Å². The Kier molecular flexibility index (Phi) is 5.93. The Morgan fingerprint density at radius 3 is 2.72 bits per heavy atom. The summed E-state index contributed by atoms with van der Waals surface area (Å²) >= 11 is 0. The summed E-state index contributed by atoms with van der Waals surface area (Å²) in [5, 5.41) is 3.39. The maximum absolute atomic E-state index is 13.8. The highest BCUT2D eigenvalue weighted by atomic mass is 19.1. The first kappa shape index (κ1) is 21.2. The predicted molar refractivity (Wildman–Crippen MR) is 115 cm³/mol. The van der Waals surface area contributed by atoms with Gasteiger partial charge >= 0.3 is 0 Å². The Bertz CT molecular complexity index is 1310. The highest BCUT2D eigenvalue weighted by Crippen LogP contribution is 2.33. The molecule has 4 rings (SSSR count). The summed E-state index contributed by atoms with van der Waals surface area (Å²) in [7, 11) is 1.58. The van der Waals surface area contributed by atoms with Crippen LogP contribution in [0.25, 0.3) is 10.9 Å². The fourth-order valence-electron chi connectivity index (χ4n) is 3.26. The van der Waals surface area contributed by atoms with Crippen LogP contribution in [0.5, 0.6) is 17.2 Å². The minimum absolute atomic E-state index is 0.00888. The van der Waals surface area contributed by atoms with E-state index >= 15 is 0 Å². The van der Waals surface area contributed by atoms with Gasteiger partial charge in [0, 0.05) is 47.0 Å². The Hall–Kier alpha value is -4.07. The zero-order chi connectivity index (χ0) is 22.7. The molecule has 0 atom stereocenters. The Balaban J connectivity index is 1.57. The molecule has 162 valence electrons. The number of carbonyl (C=O) groups excluding carboxylic acids is 1. The summed E-state index contributed by atoms with van der Waals surface area (Å²) in [5.41, 5.74) is 1.68. The molecule has 32 heavy (non-hydrogen) atoms. The lowest BCUT2D eigenvalue weighted by molar-refractivity contribution is 0.0949. The van der Waals surface area contributed by atoms with E-state index in [4.69, 9.17) is 9.47 Å². The molecule has 0 aliphatic heterocycles. The highest BCUT2D eigenvalue weighted by Gasteiger charge is 2.15. The van der Waals surface area contributed by atoms with Crippen LogP contribution in [0.3, 0.4) is 0 Å². The van der Waals surface area contributed by atoms with E-state index in [2.05, 4.69) is 15.3 Å². The average Bonchev–Trinajstić information content (AvgIpc) is 2.80. The van der Waals surface area contributed by atoms with Crippen LogP contribution < -0.4 is 14.8 Å². The van der Waals surface area contributed by atoms with Crippen molar-refractivity contribution in [3.63, 3.8) is 0 Å². The lowest BCUT2D eigenvalue weighted by Crippen LogP contribution is -2.24. The van der Waals surface area contributed by atoms with Crippen LogP contribution in [0.2, 0.25) is 0 Å². The second-order valence-electron chi connectivity index (χ2n) is 7.00. The molecular formula is C24H19F2N3O3. The van der Waals surface area contributed by atoms with Crippen molar-refractivity contribution >= 4 is 16.8 Å². The minimum Gasteiger partial charge on any atom is -0.497 e. The van der Waals surface area contributed by atoms with Crippen molar-refractivity contribution in [3.8, 4) is 17.2 Å². The number of halogens is 2. The zero-order valence-corrected chi connectivity index (χ0v) is 17.4. The maximum Gasteiger partial charge on any atom is 0.251 e. The molecule has 0 unspecified atom stereocenters. The molecule has 4 aromatic rings. The number of ether oxygens (including phenoxy) is 2. The van der Waals surface area contributed by atoms with Crippen molar-refractivity contribution in [2.45, 2.75) is 13.5 Å². The van der Waals surface area contributed by atoms with Crippen LogP contribution in [-0.4, -0.2) is 23.0 Å². The van der Waals surface area contributed by atoms with E-state index in [1.165, 1.54) is 0 Å². The van der Waals surface area contributed by atoms with Crippen LogP contribution in [-0.2, 0) is 6.54 Å². The molecule has 0 aliphatic rings. The SMILES string of the molecule is COc1ccc2c(Oc3cccc(C(=O)NCc4cc(F)ncc4F)c3C)ccnc2c1. The molecule has 0 bridgehead atoms. The van der Waals surface area contributed by atoms with Crippen molar-refractivity contribution in [1.82, 2.24) is 15.3 Å². The van der Waals surface area contributed by atoms with Gasteiger partial charge in [0.15, 0.2) is 0 Å². The van der Waals surface area contributed by atoms with Crippen LogP contribution in [0, 0.1) is 18.7 Å². The van der Waals surface area contributed by atoms with Gasteiger partial charge in [-0.05, 0) is 37.3 Å². The number of hydrogen-bond donors (Lipinski definition) is 1. The molecular weight excluding hydrogens is 416 g/mol. The van der Waals surface area contributed by atoms with Gasteiger partial charge in [0.05, 0.1) is 18.8 Å². The normalized spacial score (nSPS) is 10.8. The second kappa shape index (κ2) is 8.97. The molecule has 2 aromatic heterocycles. The van der Waals surface area contributed by atoms with E-state index in [1.54, 1.807) is 50.6 Å². The molecule has 0 fully saturated rings. The first-order valence-corrected chi connectivity index (χ1v) is 9.74. The topological polar surface area (TPSA) is 73.3 Å². The smallest absolute Gasteiger partial charge is 0.251 e. The number of nitrogens with zero attached hydrogens (tertiary/aromatic N) is 2. The molecule has 2 heterocycles. The molecule has 0 saturated heterocycles. The van der Waals surface area contributed by atoms with E-state index in [0.29, 0.717) is 33.9 Å². The summed E-state index contributed by atoms with van der Waals surface area (Å²) in [4.78, 5) is 20.3. The number of fused-ring (bicyclic) bond motifs is 1. The molecule has 8 heteroatoms. The van der Waals surface area contributed by atoms with Crippen LogP contribution in [0.15, 0.2) is 60.9 Å². The van der Waals surface area contributed by atoms with Gasteiger partial charge in [0.2, 0.25) is 5.95 Å². The number of pyridine rings is 2. The monoisotopic (exact) mass is 435 g/mol. The zero-order valence-electron chi connectivity index (χ0n) is 17.4. The Labute approximate surface area is 182 Å². The molecule has 0 spiro atoms. The van der Waals surface area contributed by atoms with Crippen LogP contribution >= 0.6 is 0 Å². The van der Waals surface area contributed by atoms with Crippen molar-refractivity contribution < 1.29 is 23.0 Å². The van der Waals surface area contributed by atoms with E-state index in [9.17, 15) is 13.6 Å². The van der Waals surface area contributed by atoms with Crippen molar-refractivity contribution in [2.75, 3.05) is 7.11 Å². The van der Waals surface area contributed by atoms with Crippen molar-refractivity contribution in [1.29, 1.82) is 0 Å². The van der Waals surface area contributed by atoms with Crippen LogP contribution in [0.4, 0.5) is 8.78 Å². The summed E-state index contributed by atoms with van der Waals surface area (Å²) in [6.45, 7) is 1.58.